The summed E-state index contributed by atoms with van der Waals surface area (Å²) in [6, 6.07) is 27.1. The molecule has 0 saturated carbocycles. The third-order valence-corrected chi connectivity index (χ3v) is 10.1. The fourth-order valence-electron chi connectivity index (χ4n) is 5.13. The van der Waals surface area contributed by atoms with Crippen LogP contribution in [-0.4, -0.2) is 51.4 Å². The van der Waals surface area contributed by atoms with Gasteiger partial charge in [0, 0.05) is 24.5 Å². The minimum Gasteiger partial charge on any atom is -0.497 e. The maximum atomic E-state index is 14.6. The standard InChI is InChI=1S/C37H42ClN3O5S/c1-5-6-21-39-37(43)35(23-29-11-8-7-9-12-29)40(25-30-13-10-14-32(22-30)46-4)36(42)26-41(31-18-17-28(3)34(38)24-31)47(44,45)33-19-15-27(2)16-20-33/h7-20,22,24,35H,5-6,21,23,25-26H2,1-4H3,(H,39,43)/t35-/m1/s1. The summed E-state index contributed by atoms with van der Waals surface area (Å²) in [5.74, 6) is -0.267. The third-order valence-electron chi connectivity index (χ3n) is 7.92. The Morgan fingerprint density at radius 2 is 1.60 bits per heavy atom. The van der Waals surface area contributed by atoms with Gasteiger partial charge in [0.15, 0.2) is 0 Å². The molecule has 0 aliphatic carbocycles. The van der Waals surface area contributed by atoms with Crippen molar-refractivity contribution in [2.75, 3.05) is 24.5 Å². The topological polar surface area (TPSA) is 96.0 Å². The number of halogens is 1. The SMILES string of the molecule is CCCCNC(=O)[C@@H](Cc1ccccc1)N(Cc1cccc(OC)c1)C(=O)CN(c1ccc(C)c(Cl)c1)S(=O)(=O)c1ccc(C)cc1. The molecule has 0 radical (unpaired) electrons. The van der Waals surface area contributed by atoms with Crippen LogP contribution in [0.3, 0.4) is 0 Å². The lowest BCUT2D eigenvalue weighted by molar-refractivity contribution is -0.140. The molecule has 0 fully saturated rings. The first kappa shape index (κ1) is 35.5. The average Bonchev–Trinajstić information content (AvgIpc) is 3.07. The molecule has 0 aliphatic rings. The molecular formula is C37H42ClN3O5S. The van der Waals surface area contributed by atoms with Gasteiger partial charge in [-0.25, -0.2) is 8.42 Å². The van der Waals surface area contributed by atoms with E-state index in [1.54, 1.807) is 49.6 Å². The molecule has 1 N–H and O–H groups in total. The van der Waals surface area contributed by atoms with Gasteiger partial charge in [-0.05, 0) is 73.4 Å². The maximum absolute atomic E-state index is 14.6. The van der Waals surface area contributed by atoms with Gasteiger partial charge in [0.1, 0.15) is 18.3 Å². The number of ether oxygens (including phenoxy) is 1. The van der Waals surface area contributed by atoms with Gasteiger partial charge < -0.3 is 15.0 Å². The smallest absolute Gasteiger partial charge is 0.264 e. The van der Waals surface area contributed by atoms with Crippen LogP contribution in [0.25, 0.3) is 0 Å². The number of carbonyl (C=O) groups is 2. The number of amides is 2. The van der Waals surface area contributed by atoms with Crippen molar-refractivity contribution in [3.8, 4) is 5.75 Å². The van der Waals surface area contributed by atoms with Crippen molar-refractivity contribution in [2.45, 2.75) is 57.5 Å². The maximum Gasteiger partial charge on any atom is 0.264 e. The molecule has 47 heavy (non-hydrogen) atoms. The van der Waals surface area contributed by atoms with E-state index in [1.165, 1.54) is 17.0 Å². The normalized spacial score (nSPS) is 11.9. The number of aryl methyl sites for hydroxylation is 2. The second kappa shape index (κ2) is 16.5. The van der Waals surface area contributed by atoms with Gasteiger partial charge in [-0.1, -0.05) is 91.2 Å². The summed E-state index contributed by atoms with van der Waals surface area (Å²) in [6.07, 6.45) is 1.90. The summed E-state index contributed by atoms with van der Waals surface area (Å²) in [7, 11) is -2.67. The van der Waals surface area contributed by atoms with Gasteiger partial charge >= 0.3 is 0 Å². The molecule has 0 saturated heterocycles. The third kappa shape index (κ3) is 9.36. The number of nitrogens with zero attached hydrogens (tertiary/aromatic N) is 2. The fourth-order valence-corrected chi connectivity index (χ4v) is 6.71. The highest BCUT2D eigenvalue weighted by Gasteiger charge is 2.34. The van der Waals surface area contributed by atoms with Gasteiger partial charge in [0.25, 0.3) is 10.0 Å². The van der Waals surface area contributed by atoms with Gasteiger partial charge in [-0.3, -0.25) is 13.9 Å². The second-order valence-electron chi connectivity index (χ2n) is 11.5. The Morgan fingerprint density at radius 1 is 0.894 bits per heavy atom. The number of methoxy groups -OCH3 is 1. The van der Waals surface area contributed by atoms with E-state index in [2.05, 4.69) is 5.32 Å². The minimum atomic E-state index is -4.23. The van der Waals surface area contributed by atoms with E-state index in [1.807, 2.05) is 63.2 Å². The molecule has 0 bridgehead atoms. The van der Waals surface area contributed by atoms with E-state index < -0.39 is 28.5 Å². The van der Waals surface area contributed by atoms with Crippen LogP contribution in [-0.2, 0) is 32.6 Å². The van der Waals surface area contributed by atoms with Gasteiger partial charge in [-0.2, -0.15) is 0 Å². The highest BCUT2D eigenvalue weighted by atomic mass is 35.5. The number of hydrogen-bond acceptors (Lipinski definition) is 5. The Bertz CT molecular complexity index is 1760. The average molecular weight is 676 g/mol. The van der Waals surface area contributed by atoms with E-state index in [0.29, 0.717) is 17.3 Å². The number of rotatable bonds is 15. The molecule has 1 atom stereocenters. The van der Waals surface area contributed by atoms with Crippen LogP contribution in [0.5, 0.6) is 5.75 Å². The summed E-state index contributed by atoms with van der Waals surface area (Å²) in [5, 5.41) is 3.37. The van der Waals surface area contributed by atoms with Crippen molar-refractivity contribution in [1.29, 1.82) is 0 Å². The van der Waals surface area contributed by atoms with Gasteiger partial charge in [-0.15, -0.1) is 0 Å². The molecule has 4 rings (SSSR count). The van der Waals surface area contributed by atoms with Crippen molar-refractivity contribution in [3.05, 3.63) is 124 Å². The molecule has 0 heterocycles. The molecule has 10 heteroatoms. The van der Waals surface area contributed by atoms with Crippen LogP contribution in [0.15, 0.2) is 102 Å². The van der Waals surface area contributed by atoms with Crippen LogP contribution in [0.4, 0.5) is 5.69 Å². The van der Waals surface area contributed by atoms with E-state index in [4.69, 9.17) is 16.3 Å². The highest BCUT2D eigenvalue weighted by Crippen LogP contribution is 2.29. The zero-order valence-corrected chi connectivity index (χ0v) is 28.9. The quantitative estimate of drug-likeness (QED) is 0.141. The monoisotopic (exact) mass is 675 g/mol. The van der Waals surface area contributed by atoms with Crippen molar-refractivity contribution < 1.29 is 22.7 Å². The first-order chi connectivity index (χ1) is 22.5. The minimum absolute atomic E-state index is 0.0325. The Balaban J connectivity index is 1.82. The van der Waals surface area contributed by atoms with E-state index in [9.17, 15) is 18.0 Å². The van der Waals surface area contributed by atoms with E-state index in [-0.39, 0.29) is 29.5 Å². The molecule has 0 aliphatic heterocycles. The van der Waals surface area contributed by atoms with Crippen LogP contribution in [0.2, 0.25) is 5.02 Å². The molecule has 0 aromatic heterocycles. The number of nitrogens with one attached hydrogen (secondary N) is 1. The number of sulfonamides is 1. The predicted molar refractivity (Wildman–Crippen MR) is 187 cm³/mol. The van der Waals surface area contributed by atoms with Gasteiger partial charge in [0.2, 0.25) is 11.8 Å². The zero-order valence-electron chi connectivity index (χ0n) is 27.3. The molecule has 4 aromatic rings. The lowest BCUT2D eigenvalue weighted by atomic mass is 10.0. The predicted octanol–water partition coefficient (Wildman–Crippen LogP) is 6.72. The van der Waals surface area contributed by atoms with E-state index in [0.717, 1.165) is 39.4 Å². The van der Waals surface area contributed by atoms with Crippen LogP contribution >= 0.6 is 11.6 Å². The lowest BCUT2D eigenvalue weighted by Gasteiger charge is -2.34. The van der Waals surface area contributed by atoms with Crippen LogP contribution in [0.1, 0.15) is 42.0 Å². The summed E-state index contributed by atoms with van der Waals surface area (Å²) in [6.45, 7) is 5.66. The molecule has 2 amide bonds. The Kier molecular flexibility index (Phi) is 12.4. The number of anilines is 1. The Morgan fingerprint density at radius 3 is 2.26 bits per heavy atom. The number of carbonyl (C=O) groups excluding carboxylic acids is 2. The molecule has 4 aromatic carbocycles. The first-order valence-electron chi connectivity index (χ1n) is 15.6. The van der Waals surface area contributed by atoms with Crippen LogP contribution < -0.4 is 14.4 Å². The second-order valence-corrected chi connectivity index (χ2v) is 13.8. The Labute approximate surface area is 283 Å². The molecule has 0 unspecified atom stereocenters. The van der Waals surface area contributed by atoms with E-state index >= 15 is 0 Å². The summed E-state index contributed by atoms with van der Waals surface area (Å²) in [4.78, 5) is 30.0. The molecule has 0 spiro atoms. The Hall–Kier alpha value is -4.34. The summed E-state index contributed by atoms with van der Waals surface area (Å²) < 4.78 is 34.9. The first-order valence-corrected chi connectivity index (χ1v) is 17.4. The summed E-state index contributed by atoms with van der Waals surface area (Å²) >= 11 is 6.47. The van der Waals surface area contributed by atoms with Crippen molar-refractivity contribution in [3.63, 3.8) is 0 Å². The van der Waals surface area contributed by atoms with Gasteiger partial charge in [0.05, 0.1) is 17.7 Å². The molecular weight excluding hydrogens is 634 g/mol. The van der Waals surface area contributed by atoms with Crippen molar-refractivity contribution >= 4 is 39.1 Å². The van der Waals surface area contributed by atoms with Crippen molar-refractivity contribution in [1.82, 2.24) is 10.2 Å². The molecule has 8 nitrogen and oxygen atoms in total. The number of hydrogen-bond donors (Lipinski definition) is 1. The lowest BCUT2D eigenvalue weighted by Crippen LogP contribution is -2.53. The number of unbranched alkanes of at least 4 members (excludes halogenated alkanes) is 1. The van der Waals surface area contributed by atoms with Crippen LogP contribution in [0, 0.1) is 13.8 Å². The highest BCUT2D eigenvalue weighted by molar-refractivity contribution is 7.92. The summed E-state index contributed by atoms with van der Waals surface area (Å²) in [5.41, 5.74) is 3.49. The zero-order chi connectivity index (χ0) is 34.0. The molecule has 248 valence electrons. The largest absolute Gasteiger partial charge is 0.497 e. The fraction of sp³-hybridized carbons (Fsp3) is 0.297. The number of benzene rings is 4. The van der Waals surface area contributed by atoms with Crippen molar-refractivity contribution in [2.24, 2.45) is 0 Å².